The first-order valence-corrected chi connectivity index (χ1v) is 7.85. The average Bonchev–Trinajstić information content (AvgIpc) is 2.40. The van der Waals surface area contributed by atoms with Gasteiger partial charge in [-0.25, -0.2) is 4.79 Å². The minimum Gasteiger partial charge on any atom is -0.335 e. The van der Waals surface area contributed by atoms with Gasteiger partial charge in [0.1, 0.15) is 0 Å². The summed E-state index contributed by atoms with van der Waals surface area (Å²) in [6.45, 7) is 10.8. The molecule has 0 bridgehead atoms. The molecule has 4 nitrogen and oxygen atoms in total. The lowest BCUT2D eigenvalue weighted by atomic mass is 9.99. The van der Waals surface area contributed by atoms with Crippen LogP contribution in [0.5, 0.6) is 0 Å². The third kappa shape index (κ3) is 4.10. The van der Waals surface area contributed by atoms with Crippen LogP contribution in [0.15, 0.2) is 0 Å². The normalized spacial score (nSPS) is 23.9. The number of carbonyl (C=O) groups excluding carboxylic acids is 1. The van der Waals surface area contributed by atoms with Gasteiger partial charge in [0.05, 0.1) is 0 Å². The molecule has 0 spiro atoms. The number of nitrogens with zero attached hydrogens (tertiary/aromatic N) is 2. The lowest BCUT2D eigenvalue weighted by Gasteiger charge is -2.36. The molecule has 0 aromatic rings. The van der Waals surface area contributed by atoms with E-state index in [1.807, 2.05) is 4.90 Å². The smallest absolute Gasteiger partial charge is 0.317 e. The summed E-state index contributed by atoms with van der Waals surface area (Å²) in [7, 11) is 0. The Hall–Kier alpha value is -0.770. The van der Waals surface area contributed by atoms with E-state index >= 15 is 0 Å². The second kappa shape index (κ2) is 6.60. The van der Waals surface area contributed by atoms with Crippen LogP contribution in [0.2, 0.25) is 0 Å². The first-order chi connectivity index (χ1) is 9.06. The molecule has 4 heteroatoms. The summed E-state index contributed by atoms with van der Waals surface area (Å²) in [5, 5.41) is 3.22. The molecule has 2 heterocycles. The predicted molar refractivity (Wildman–Crippen MR) is 78.2 cm³/mol. The van der Waals surface area contributed by atoms with Crippen LogP contribution in [0.3, 0.4) is 0 Å². The number of rotatable bonds is 2. The van der Waals surface area contributed by atoms with Crippen molar-refractivity contribution in [1.82, 2.24) is 15.1 Å². The molecule has 2 rings (SSSR count). The van der Waals surface area contributed by atoms with E-state index in [0.29, 0.717) is 12.1 Å². The summed E-state index contributed by atoms with van der Waals surface area (Å²) in [6, 6.07) is 1.16. The minimum absolute atomic E-state index is 0.162. The molecule has 2 aliphatic heterocycles. The summed E-state index contributed by atoms with van der Waals surface area (Å²) in [5.74, 6) is 0.776. The van der Waals surface area contributed by atoms with Crippen LogP contribution in [-0.4, -0.2) is 54.1 Å². The van der Waals surface area contributed by atoms with E-state index in [1.165, 1.54) is 0 Å². The van der Waals surface area contributed by atoms with Crippen LogP contribution < -0.4 is 5.32 Å². The minimum atomic E-state index is 0.162. The van der Waals surface area contributed by atoms with Crippen molar-refractivity contribution in [2.45, 2.75) is 58.5 Å². The first kappa shape index (κ1) is 14.6. The second-order valence-corrected chi connectivity index (χ2v) is 6.52. The van der Waals surface area contributed by atoms with Gasteiger partial charge in [0.2, 0.25) is 0 Å². The van der Waals surface area contributed by atoms with E-state index in [9.17, 15) is 4.79 Å². The topological polar surface area (TPSA) is 35.6 Å². The highest BCUT2D eigenvalue weighted by Gasteiger charge is 2.25. The molecule has 2 saturated heterocycles. The molecular formula is C15H29N3O. The van der Waals surface area contributed by atoms with Crippen molar-refractivity contribution in [3.05, 3.63) is 0 Å². The number of hydrogen-bond donors (Lipinski definition) is 1. The van der Waals surface area contributed by atoms with Crippen LogP contribution in [0, 0.1) is 5.92 Å². The van der Waals surface area contributed by atoms with Crippen LogP contribution in [0.25, 0.3) is 0 Å². The van der Waals surface area contributed by atoms with Crippen LogP contribution in [0.1, 0.15) is 46.5 Å². The molecule has 0 saturated carbocycles. The molecule has 0 radical (unpaired) electrons. The van der Waals surface area contributed by atoms with E-state index in [2.05, 4.69) is 31.0 Å². The third-order valence-corrected chi connectivity index (χ3v) is 4.66. The fourth-order valence-electron chi connectivity index (χ4n) is 3.04. The van der Waals surface area contributed by atoms with Gasteiger partial charge >= 0.3 is 6.03 Å². The summed E-state index contributed by atoms with van der Waals surface area (Å²) in [6.07, 6.45) is 4.49. The lowest BCUT2D eigenvalue weighted by molar-refractivity contribution is 0.145. The maximum absolute atomic E-state index is 12.2. The number of carbonyl (C=O) groups is 1. The summed E-state index contributed by atoms with van der Waals surface area (Å²) < 4.78 is 0. The predicted octanol–water partition coefficient (Wildman–Crippen LogP) is 2.30. The van der Waals surface area contributed by atoms with Crippen molar-refractivity contribution < 1.29 is 4.79 Å². The Bertz CT molecular complexity index is 290. The summed E-state index contributed by atoms with van der Waals surface area (Å²) >= 11 is 0. The summed E-state index contributed by atoms with van der Waals surface area (Å²) in [5.41, 5.74) is 0. The molecular weight excluding hydrogens is 238 g/mol. The summed E-state index contributed by atoms with van der Waals surface area (Å²) in [4.78, 5) is 16.7. The molecule has 1 N–H and O–H groups in total. The van der Waals surface area contributed by atoms with Crippen LogP contribution in [0.4, 0.5) is 4.79 Å². The second-order valence-electron chi connectivity index (χ2n) is 6.52. The van der Waals surface area contributed by atoms with E-state index < -0.39 is 0 Å². The number of hydrogen-bond acceptors (Lipinski definition) is 2. The largest absolute Gasteiger partial charge is 0.335 e. The zero-order chi connectivity index (χ0) is 13.8. The highest BCUT2D eigenvalue weighted by molar-refractivity contribution is 5.74. The van der Waals surface area contributed by atoms with Gasteiger partial charge in [-0.1, -0.05) is 6.92 Å². The van der Waals surface area contributed by atoms with Gasteiger partial charge in [0.25, 0.3) is 0 Å². The van der Waals surface area contributed by atoms with Gasteiger partial charge in [0.15, 0.2) is 0 Å². The number of urea groups is 1. The fourth-order valence-corrected chi connectivity index (χ4v) is 3.04. The zero-order valence-electron chi connectivity index (χ0n) is 12.7. The van der Waals surface area contributed by atoms with E-state index in [0.717, 1.165) is 57.8 Å². The van der Waals surface area contributed by atoms with Gasteiger partial charge in [-0.2, -0.15) is 0 Å². The first-order valence-electron chi connectivity index (χ1n) is 7.85. The fraction of sp³-hybridized carbons (Fsp3) is 0.933. The van der Waals surface area contributed by atoms with Gasteiger partial charge in [0, 0.05) is 38.3 Å². The number of amides is 2. The van der Waals surface area contributed by atoms with Gasteiger partial charge < -0.3 is 15.1 Å². The molecule has 110 valence electrons. The standard InChI is InChI=1S/C15H29N3O/c1-12(2)17-10-6-14(7-11-17)16-15(19)18-8-4-13(3)5-9-18/h12-14H,4-11H2,1-3H3,(H,16,19). The maximum Gasteiger partial charge on any atom is 0.317 e. The van der Waals surface area contributed by atoms with Crippen molar-refractivity contribution in [2.75, 3.05) is 26.2 Å². The molecule has 2 aliphatic rings. The molecule has 19 heavy (non-hydrogen) atoms. The molecule has 0 aliphatic carbocycles. The van der Waals surface area contributed by atoms with Crippen LogP contribution in [-0.2, 0) is 0 Å². The number of likely N-dealkylation sites (tertiary alicyclic amines) is 2. The van der Waals surface area contributed by atoms with E-state index in [4.69, 9.17) is 0 Å². The van der Waals surface area contributed by atoms with Gasteiger partial charge in [-0.3, -0.25) is 0 Å². The number of piperidine rings is 2. The van der Waals surface area contributed by atoms with Gasteiger partial charge in [-0.15, -0.1) is 0 Å². The van der Waals surface area contributed by atoms with Crippen molar-refractivity contribution in [3.8, 4) is 0 Å². The lowest BCUT2D eigenvalue weighted by Crippen LogP contribution is -2.51. The van der Waals surface area contributed by atoms with Crippen LogP contribution >= 0.6 is 0 Å². The zero-order valence-corrected chi connectivity index (χ0v) is 12.7. The SMILES string of the molecule is CC1CCN(C(=O)NC2CCN(C(C)C)CC2)CC1. The van der Waals surface area contributed by atoms with Crippen molar-refractivity contribution in [1.29, 1.82) is 0 Å². The Balaban J connectivity index is 1.72. The molecule has 0 atom stereocenters. The molecule has 0 aromatic heterocycles. The third-order valence-electron chi connectivity index (χ3n) is 4.66. The Kier molecular flexibility index (Phi) is 5.08. The van der Waals surface area contributed by atoms with E-state index in [1.54, 1.807) is 0 Å². The molecule has 0 aromatic carbocycles. The Morgan fingerprint density at radius 3 is 2.16 bits per heavy atom. The van der Waals surface area contributed by atoms with Crippen molar-refractivity contribution in [3.63, 3.8) is 0 Å². The highest BCUT2D eigenvalue weighted by Crippen LogP contribution is 2.17. The average molecular weight is 267 g/mol. The monoisotopic (exact) mass is 267 g/mol. The van der Waals surface area contributed by atoms with Crippen molar-refractivity contribution in [2.24, 2.45) is 5.92 Å². The Morgan fingerprint density at radius 2 is 1.63 bits per heavy atom. The molecule has 0 unspecified atom stereocenters. The Morgan fingerprint density at radius 1 is 1.05 bits per heavy atom. The maximum atomic E-state index is 12.2. The Labute approximate surface area is 117 Å². The van der Waals surface area contributed by atoms with Gasteiger partial charge in [-0.05, 0) is 45.4 Å². The molecule has 2 amide bonds. The van der Waals surface area contributed by atoms with E-state index in [-0.39, 0.29) is 6.03 Å². The van der Waals surface area contributed by atoms with Crippen molar-refractivity contribution >= 4 is 6.03 Å². The quantitative estimate of drug-likeness (QED) is 0.833. The highest BCUT2D eigenvalue weighted by atomic mass is 16.2. The number of nitrogens with one attached hydrogen (secondary N) is 1. The molecule has 2 fully saturated rings.